The number of thioether (sulfide) groups is 1. The van der Waals surface area contributed by atoms with Crippen LogP contribution in [0.4, 0.5) is 0 Å². The molecular weight excluding hydrogens is 156 g/mol. The third-order valence-electron chi connectivity index (χ3n) is 1.92. The van der Waals surface area contributed by atoms with Crippen molar-refractivity contribution >= 4 is 11.8 Å². The number of aromatic nitrogens is 1. The molecule has 1 aromatic rings. The van der Waals surface area contributed by atoms with Crippen LogP contribution in [0.5, 0.6) is 0 Å². The molecule has 1 aliphatic heterocycles. The SMILES string of the molecule is c1cc(C2CNCCS2)c[nH]1. The van der Waals surface area contributed by atoms with Crippen LogP contribution in [-0.4, -0.2) is 23.8 Å². The van der Waals surface area contributed by atoms with Crippen LogP contribution < -0.4 is 5.32 Å². The number of hydrogen-bond acceptors (Lipinski definition) is 2. The summed E-state index contributed by atoms with van der Waals surface area (Å²) >= 11 is 2.04. The van der Waals surface area contributed by atoms with Crippen molar-refractivity contribution in [2.75, 3.05) is 18.8 Å². The average Bonchev–Trinajstić information content (AvgIpc) is 2.58. The van der Waals surface area contributed by atoms with Crippen molar-refractivity contribution in [1.29, 1.82) is 0 Å². The fraction of sp³-hybridized carbons (Fsp3) is 0.500. The Morgan fingerprint density at radius 2 is 2.55 bits per heavy atom. The molecule has 1 aliphatic rings. The number of nitrogens with one attached hydrogen (secondary N) is 2. The van der Waals surface area contributed by atoms with Gasteiger partial charge in [-0.25, -0.2) is 0 Å². The Hall–Kier alpha value is -0.410. The van der Waals surface area contributed by atoms with E-state index >= 15 is 0 Å². The fourth-order valence-corrected chi connectivity index (χ4v) is 2.44. The van der Waals surface area contributed by atoms with Crippen LogP contribution in [0.3, 0.4) is 0 Å². The second-order valence-corrected chi connectivity index (χ2v) is 4.02. The van der Waals surface area contributed by atoms with E-state index in [0.29, 0.717) is 5.25 Å². The summed E-state index contributed by atoms with van der Waals surface area (Å²) in [7, 11) is 0. The van der Waals surface area contributed by atoms with Gasteiger partial charge in [-0.1, -0.05) is 0 Å². The van der Waals surface area contributed by atoms with Gasteiger partial charge in [-0.2, -0.15) is 11.8 Å². The van der Waals surface area contributed by atoms with E-state index in [4.69, 9.17) is 0 Å². The lowest BCUT2D eigenvalue weighted by Crippen LogP contribution is -2.27. The molecule has 0 aromatic carbocycles. The third kappa shape index (κ3) is 1.60. The van der Waals surface area contributed by atoms with E-state index in [2.05, 4.69) is 22.6 Å². The molecule has 1 atom stereocenters. The van der Waals surface area contributed by atoms with E-state index in [1.807, 2.05) is 18.0 Å². The van der Waals surface area contributed by atoms with Gasteiger partial charge in [-0.15, -0.1) is 0 Å². The lowest BCUT2D eigenvalue weighted by Gasteiger charge is -2.21. The Bertz CT molecular complexity index is 202. The lowest BCUT2D eigenvalue weighted by molar-refractivity contribution is 0.690. The average molecular weight is 168 g/mol. The van der Waals surface area contributed by atoms with Gasteiger partial charge in [-0.3, -0.25) is 0 Å². The second kappa shape index (κ2) is 3.32. The highest BCUT2D eigenvalue weighted by Gasteiger charge is 2.14. The van der Waals surface area contributed by atoms with E-state index in [1.54, 1.807) is 0 Å². The van der Waals surface area contributed by atoms with Gasteiger partial charge in [0.25, 0.3) is 0 Å². The van der Waals surface area contributed by atoms with Crippen molar-refractivity contribution in [3.63, 3.8) is 0 Å². The minimum atomic E-state index is 0.662. The topological polar surface area (TPSA) is 27.8 Å². The maximum absolute atomic E-state index is 3.39. The van der Waals surface area contributed by atoms with E-state index in [0.717, 1.165) is 13.1 Å². The molecule has 2 N–H and O–H groups in total. The molecule has 0 saturated carbocycles. The van der Waals surface area contributed by atoms with Crippen molar-refractivity contribution in [1.82, 2.24) is 10.3 Å². The molecule has 0 amide bonds. The lowest BCUT2D eigenvalue weighted by atomic mass is 10.2. The molecule has 1 aromatic heterocycles. The first-order valence-electron chi connectivity index (χ1n) is 3.92. The monoisotopic (exact) mass is 168 g/mol. The van der Waals surface area contributed by atoms with Crippen molar-refractivity contribution < 1.29 is 0 Å². The molecule has 60 valence electrons. The van der Waals surface area contributed by atoms with Crippen LogP contribution in [0.25, 0.3) is 0 Å². The van der Waals surface area contributed by atoms with Gasteiger partial charge in [0.15, 0.2) is 0 Å². The molecule has 0 spiro atoms. The third-order valence-corrected chi connectivity index (χ3v) is 3.20. The summed E-state index contributed by atoms with van der Waals surface area (Å²) in [4.78, 5) is 3.09. The van der Waals surface area contributed by atoms with Crippen LogP contribution in [0.15, 0.2) is 18.5 Å². The first kappa shape index (κ1) is 7.25. The summed E-state index contributed by atoms with van der Waals surface area (Å²) in [5.74, 6) is 1.23. The van der Waals surface area contributed by atoms with Gasteiger partial charge in [-0.05, 0) is 11.6 Å². The number of aromatic amines is 1. The van der Waals surface area contributed by atoms with E-state index < -0.39 is 0 Å². The quantitative estimate of drug-likeness (QED) is 0.663. The summed E-state index contributed by atoms with van der Waals surface area (Å²) in [5.41, 5.74) is 1.42. The van der Waals surface area contributed by atoms with Gasteiger partial charge in [0, 0.05) is 36.5 Å². The van der Waals surface area contributed by atoms with Crippen molar-refractivity contribution in [2.24, 2.45) is 0 Å². The van der Waals surface area contributed by atoms with Crippen LogP contribution >= 0.6 is 11.8 Å². The van der Waals surface area contributed by atoms with Gasteiger partial charge in [0.05, 0.1) is 0 Å². The molecule has 1 unspecified atom stereocenters. The molecule has 0 bridgehead atoms. The van der Waals surface area contributed by atoms with Crippen molar-refractivity contribution in [3.05, 3.63) is 24.0 Å². The highest BCUT2D eigenvalue weighted by molar-refractivity contribution is 7.99. The fourth-order valence-electron chi connectivity index (χ4n) is 1.32. The number of rotatable bonds is 1. The van der Waals surface area contributed by atoms with Crippen LogP contribution in [0.1, 0.15) is 10.8 Å². The number of hydrogen-bond donors (Lipinski definition) is 2. The minimum Gasteiger partial charge on any atom is -0.367 e. The van der Waals surface area contributed by atoms with Crippen molar-refractivity contribution in [3.8, 4) is 0 Å². The smallest absolute Gasteiger partial charge is 0.0437 e. The summed E-state index contributed by atoms with van der Waals surface area (Å²) < 4.78 is 0. The normalized spacial score (nSPS) is 25.3. The Balaban J connectivity index is 2.04. The highest BCUT2D eigenvalue weighted by Crippen LogP contribution is 2.29. The highest BCUT2D eigenvalue weighted by atomic mass is 32.2. The first-order valence-corrected chi connectivity index (χ1v) is 4.97. The Kier molecular flexibility index (Phi) is 2.19. The van der Waals surface area contributed by atoms with Gasteiger partial charge < -0.3 is 10.3 Å². The predicted molar refractivity (Wildman–Crippen MR) is 48.9 cm³/mol. The largest absolute Gasteiger partial charge is 0.367 e. The zero-order valence-corrected chi connectivity index (χ0v) is 7.16. The molecule has 3 heteroatoms. The molecule has 1 fully saturated rings. The van der Waals surface area contributed by atoms with Crippen LogP contribution in [0.2, 0.25) is 0 Å². The zero-order chi connectivity index (χ0) is 7.52. The Morgan fingerprint density at radius 1 is 1.55 bits per heavy atom. The molecule has 2 heterocycles. The molecule has 0 aliphatic carbocycles. The zero-order valence-electron chi connectivity index (χ0n) is 6.34. The van der Waals surface area contributed by atoms with Gasteiger partial charge >= 0.3 is 0 Å². The molecule has 11 heavy (non-hydrogen) atoms. The van der Waals surface area contributed by atoms with E-state index in [9.17, 15) is 0 Å². The number of H-pyrrole nitrogens is 1. The van der Waals surface area contributed by atoms with E-state index in [-0.39, 0.29) is 0 Å². The standard InChI is InChI=1S/C8H12N2S/c1-2-9-5-7(1)8-6-10-3-4-11-8/h1-2,5,8-10H,3-4,6H2. The Labute approximate surface area is 70.8 Å². The maximum atomic E-state index is 3.39. The van der Waals surface area contributed by atoms with Crippen LogP contribution in [0, 0.1) is 0 Å². The van der Waals surface area contributed by atoms with E-state index in [1.165, 1.54) is 11.3 Å². The molecule has 2 nitrogen and oxygen atoms in total. The second-order valence-electron chi connectivity index (χ2n) is 2.71. The minimum absolute atomic E-state index is 0.662. The van der Waals surface area contributed by atoms with Gasteiger partial charge in [0.1, 0.15) is 0 Å². The molecular formula is C8H12N2S. The Morgan fingerprint density at radius 3 is 3.18 bits per heavy atom. The van der Waals surface area contributed by atoms with Crippen molar-refractivity contribution in [2.45, 2.75) is 5.25 Å². The molecule has 0 radical (unpaired) electrons. The summed E-state index contributed by atoms with van der Waals surface area (Å²) in [5, 5.41) is 4.05. The summed E-state index contributed by atoms with van der Waals surface area (Å²) in [6.07, 6.45) is 4.08. The molecule has 1 saturated heterocycles. The predicted octanol–water partition coefficient (Wildman–Crippen LogP) is 1.39. The molecule has 2 rings (SSSR count). The first-order chi connectivity index (χ1) is 5.47. The maximum Gasteiger partial charge on any atom is 0.0437 e. The van der Waals surface area contributed by atoms with Gasteiger partial charge in [0.2, 0.25) is 0 Å². The summed E-state index contributed by atoms with van der Waals surface area (Å²) in [6.45, 7) is 2.27. The van der Waals surface area contributed by atoms with Crippen LogP contribution in [-0.2, 0) is 0 Å². The summed E-state index contributed by atoms with van der Waals surface area (Å²) in [6, 6.07) is 2.16.